The van der Waals surface area contributed by atoms with Crippen molar-refractivity contribution in [2.24, 2.45) is 0 Å². The summed E-state index contributed by atoms with van der Waals surface area (Å²) >= 11 is 0. The molecule has 0 aliphatic carbocycles. The molecular weight excluding hydrogens is 360 g/mol. The summed E-state index contributed by atoms with van der Waals surface area (Å²) in [7, 11) is 3.80. The minimum Gasteiger partial charge on any atom is -0.496 e. The zero-order valence-corrected chi connectivity index (χ0v) is 16.7. The molecule has 2 heterocycles. The van der Waals surface area contributed by atoms with Crippen molar-refractivity contribution >= 4 is 11.6 Å². The van der Waals surface area contributed by atoms with E-state index < -0.39 is 5.41 Å². The van der Waals surface area contributed by atoms with Gasteiger partial charge in [-0.25, -0.2) is 0 Å². The highest BCUT2D eigenvalue weighted by Crippen LogP contribution is 2.57. The third kappa shape index (κ3) is 2.48. The van der Waals surface area contributed by atoms with E-state index >= 15 is 0 Å². The molecule has 2 aliphatic rings. The Hall–Kier alpha value is -3.27. The van der Waals surface area contributed by atoms with Crippen LogP contribution in [0.3, 0.4) is 0 Å². The van der Waals surface area contributed by atoms with E-state index in [1.807, 2.05) is 41.3 Å². The van der Waals surface area contributed by atoms with E-state index in [4.69, 9.17) is 4.74 Å². The van der Waals surface area contributed by atoms with Crippen LogP contribution >= 0.6 is 0 Å². The first-order valence-corrected chi connectivity index (χ1v) is 9.96. The van der Waals surface area contributed by atoms with Gasteiger partial charge in [-0.2, -0.15) is 0 Å². The molecule has 1 amide bonds. The molecule has 0 spiro atoms. The molecule has 3 aromatic carbocycles. The zero-order valence-electron chi connectivity index (χ0n) is 16.7. The van der Waals surface area contributed by atoms with Crippen molar-refractivity contribution in [3.8, 4) is 5.75 Å². The average Bonchev–Trinajstić information content (AvgIpc) is 3.19. The number of hydrogen-bond acceptors (Lipinski definition) is 3. The second-order valence-corrected chi connectivity index (χ2v) is 7.86. The average molecular weight is 384 g/mol. The van der Waals surface area contributed by atoms with Gasteiger partial charge in [-0.15, -0.1) is 0 Å². The number of benzene rings is 3. The van der Waals surface area contributed by atoms with Crippen molar-refractivity contribution in [3.05, 3.63) is 95.6 Å². The van der Waals surface area contributed by atoms with Crippen LogP contribution in [0.5, 0.6) is 5.75 Å². The molecule has 0 aromatic heterocycles. The number of likely N-dealkylation sites (N-methyl/N-ethyl adjacent to an activating group) is 1. The van der Waals surface area contributed by atoms with E-state index in [9.17, 15) is 4.79 Å². The number of carbonyl (C=O) groups is 1. The molecule has 4 nitrogen and oxygen atoms in total. The Balaban J connectivity index is 1.71. The number of nitrogens with zero attached hydrogens (tertiary/aromatic N) is 2. The SMILES string of the molecule is COc1ccccc1[C@]12CC(=O)N(Cc3ccccc3)[C@H]1N(C)c1ccccc12. The predicted octanol–water partition coefficient (Wildman–Crippen LogP) is 4.19. The van der Waals surface area contributed by atoms with Gasteiger partial charge in [-0.05, 0) is 23.3 Å². The Morgan fingerprint density at radius 2 is 1.59 bits per heavy atom. The molecule has 0 unspecified atom stereocenters. The monoisotopic (exact) mass is 384 g/mol. The van der Waals surface area contributed by atoms with Crippen molar-refractivity contribution in [3.63, 3.8) is 0 Å². The number of hydrogen-bond donors (Lipinski definition) is 0. The topological polar surface area (TPSA) is 32.8 Å². The third-order valence-electron chi connectivity index (χ3n) is 6.40. The molecule has 2 atom stereocenters. The summed E-state index contributed by atoms with van der Waals surface area (Å²) in [6, 6.07) is 26.8. The Kier molecular flexibility index (Phi) is 4.09. The van der Waals surface area contributed by atoms with Gasteiger partial charge in [0.05, 0.1) is 12.5 Å². The van der Waals surface area contributed by atoms with E-state index in [-0.39, 0.29) is 12.1 Å². The normalized spacial score (nSPS) is 22.6. The summed E-state index contributed by atoms with van der Waals surface area (Å²) in [5.41, 5.74) is 4.13. The first-order chi connectivity index (χ1) is 14.2. The molecule has 3 aromatic rings. The fourth-order valence-corrected chi connectivity index (χ4v) is 5.25. The predicted molar refractivity (Wildman–Crippen MR) is 114 cm³/mol. The number of para-hydroxylation sites is 2. The molecule has 1 fully saturated rings. The molecular formula is C25H24N2O2. The third-order valence-corrected chi connectivity index (χ3v) is 6.40. The lowest BCUT2D eigenvalue weighted by atomic mass is 9.73. The van der Waals surface area contributed by atoms with E-state index in [2.05, 4.69) is 54.4 Å². The van der Waals surface area contributed by atoms with Crippen LogP contribution < -0.4 is 9.64 Å². The van der Waals surface area contributed by atoms with Crippen LogP contribution in [0.25, 0.3) is 0 Å². The molecule has 146 valence electrons. The van der Waals surface area contributed by atoms with Crippen LogP contribution in [0.4, 0.5) is 5.69 Å². The lowest BCUT2D eigenvalue weighted by Gasteiger charge is -2.37. The summed E-state index contributed by atoms with van der Waals surface area (Å²) in [5, 5.41) is 0. The number of rotatable bonds is 4. The van der Waals surface area contributed by atoms with Gasteiger partial charge in [0.25, 0.3) is 0 Å². The van der Waals surface area contributed by atoms with Crippen LogP contribution in [0.2, 0.25) is 0 Å². The largest absolute Gasteiger partial charge is 0.496 e. The Bertz CT molecular complexity index is 1070. The first kappa shape index (κ1) is 17.8. The van der Waals surface area contributed by atoms with Gasteiger partial charge >= 0.3 is 0 Å². The lowest BCUT2D eigenvalue weighted by Crippen LogP contribution is -2.49. The maximum Gasteiger partial charge on any atom is 0.225 e. The highest BCUT2D eigenvalue weighted by molar-refractivity contribution is 5.88. The van der Waals surface area contributed by atoms with E-state index in [0.717, 1.165) is 16.9 Å². The van der Waals surface area contributed by atoms with Crippen molar-refractivity contribution in [2.45, 2.75) is 24.5 Å². The van der Waals surface area contributed by atoms with Gasteiger partial charge < -0.3 is 14.5 Å². The minimum absolute atomic E-state index is 0.0936. The minimum atomic E-state index is -0.455. The quantitative estimate of drug-likeness (QED) is 0.676. The Morgan fingerprint density at radius 1 is 0.931 bits per heavy atom. The number of amides is 1. The Morgan fingerprint density at radius 3 is 2.34 bits per heavy atom. The number of likely N-dealkylation sites (tertiary alicyclic amines) is 1. The van der Waals surface area contributed by atoms with Crippen LogP contribution in [-0.4, -0.2) is 31.1 Å². The molecule has 0 radical (unpaired) electrons. The number of methoxy groups -OCH3 is 1. The standard InChI is InChI=1S/C25H24N2O2/c1-26-21-14-8-6-12-19(21)25(20-13-7-9-15-22(20)29-2)16-23(28)27(24(25)26)17-18-10-4-3-5-11-18/h3-15,24H,16-17H2,1-2H3/t24-,25-/m1/s1. The van der Waals surface area contributed by atoms with Crippen molar-refractivity contribution in [1.82, 2.24) is 4.90 Å². The van der Waals surface area contributed by atoms with E-state index in [1.54, 1.807) is 7.11 Å². The van der Waals surface area contributed by atoms with Crippen LogP contribution in [0, 0.1) is 0 Å². The second-order valence-electron chi connectivity index (χ2n) is 7.86. The molecule has 29 heavy (non-hydrogen) atoms. The van der Waals surface area contributed by atoms with E-state index in [1.165, 1.54) is 11.3 Å². The zero-order chi connectivity index (χ0) is 20.0. The lowest BCUT2D eigenvalue weighted by molar-refractivity contribution is -0.129. The molecule has 4 heteroatoms. The maximum atomic E-state index is 13.4. The summed E-state index contributed by atoms with van der Waals surface area (Å²) < 4.78 is 5.75. The molecule has 5 rings (SSSR count). The Labute approximate surface area is 171 Å². The smallest absolute Gasteiger partial charge is 0.225 e. The number of ether oxygens (including phenoxy) is 1. The summed E-state index contributed by atoms with van der Waals surface area (Å²) in [4.78, 5) is 17.7. The summed E-state index contributed by atoms with van der Waals surface area (Å²) in [6.07, 6.45) is 0.343. The van der Waals surface area contributed by atoms with Crippen molar-refractivity contribution < 1.29 is 9.53 Å². The number of carbonyl (C=O) groups excluding carboxylic acids is 1. The van der Waals surface area contributed by atoms with Gasteiger partial charge in [0.15, 0.2) is 0 Å². The summed E-state index contributed by atoms with van der Waals surface area (Å²) in [5.74, 6) is 1.00. The molecule has 2 aliphatic heterocycles. The molecule has 1 saturated heterocycles. The van der Waals surface area contributed by atoms with Gasteiger partial charge in [-0.3, -0.25) is 4.79 Å². The van der Waals surface area contributed by atoms with Gasteiger partial charge in [0, 0.05) is 31.3 Å². The second kappa shape index (κ2) is 6.66. The van der Waals surface area contributed by atoms with Gasteiger partial charge in [0.2, 0.25) is 5.91 Å². The van der Waals surface area contributed by atoms with Crippen LogP contribution in [0.15, 0.2) is 78.9 Å². The summed E-state index contributed by atoms with van der Waals surface area (Å²) in [6.45, 7) is 0.597. The highest BCUT2D eigenvalue weighted by atomic mass is 16.5. The molecule has 0 saturated carbocycles. The van der Waals surface area contributed by atoms with Crippen LogP contribution in [-0.2, 0) is 16.8 Å². The highest BCUT2D eigenvalue weighted by Gasteiger charge is 2.61. The maximum absolute atomic E-state index is 13.4. The number of anilines is 1. The van der Waals surface area contributed by atoms with Gasteiger partial charge in [0.1, 0.15) is 11.9 Å². The fraction of sp³-hybridized carbons (Fsp3) is 0.240. The van der Waals surface area contributed by atoms with Gasteiger partial charge in [-0.1, -0.05) is 66.7 Å². The van der Waals surface area contributed by atoms with Crippen molar-refractivity contribution in [1.29, 1.82) is 0 Å². The number of fused-ring (bicyclic) bond motifs is 3. The van der Waals surface area contributed by atoms with E-state index in [0.29, 0.717) is 13.0 Å². The van der Waals surface area contributed by atoms with Crippen LogP contribution in [0.1, 0.15) is 23.1 Å². The molecule has 0 bridgehead atoms. The van der Waals surface area contributed by atoms with Crippen molar-refractivity contribution in [2.75, 3.05) is 19.1 Å². The fourth-order valence-electron chi connectivity index (χ4n) is 5.25. The first-order valence-electron chi connectivity index (χ1n) is 9.96. The molecule has 0 N–H and O–H groups in total.